The van der Waals surface area contributed by atoms with Crippen LogP contribution in [0.1, 0.15) is 169 Å². The predicted octanol–water partition coefficient (Wildman–Crippen LogP) is -0.791. The summed E-state index contributed by atoms with van der Waals surface area (Å²) in [5.74, 6) is 0.124. The lowest BCUT2D eigenvalue weighted by atomic mass is 10.1. The van der Waals surface area contributed by atoms with E-state index in [1.165, 1.54) is 127 Å². The number of sulfone groups is 2. The van der Waals surface area contributed by atoms with Crippen molar-refractivity contribution in [3.63, 3.8) is 0 Å². The van der Waals surface area contributed by atoms with E-state index in [0.29, 0.717) is 32.6 Å². The van der Waals surface area contributed by atoms with Crippen LogP contribution in [-0.4, -0.2) is 444 Å². The molecule has 7 unspecified atom stereocenters. The summed E-state index contributed by atoms with van der Waals surface area (Å²) in [6.45, 7) is 24.6. The fraction of sp³-hybridized carbons (Fsp3) is 0.901. The van der Waals surface area contributed by atoms with E-state index in [0.717, 1.165) is 271 Å². The number of hydrogen-bond donors (Lipinski definition) is 0. The number of carbonyl (C=O) groups excluding carboxylic acids is 7. The molecular formula is C71H141N16O25S9-7. The molecule has 14 saturated heterocycles. The summed E-state index contributed by atoms with van der Waals surface area (Å²) in [5, 5.41) is 0. The summed E-state index contributed by atoms with van der Waals surface area (Å²) in [6.07, 6.45) is 33.6. The van der Waals surface area contributed by atoms with Crippen LogP contribution in [0.3, 0.4) is 0 Å². The minimum absolute atomic E-state index is 0. The molecule has 14 heterocycles. The smallest absolute Gasteiger partial charge is 0.209 e. The van der Waals surface area contributed by atoms with Crippen molar-refractivity contribution >= 4 is 143 Å². The van der Waals surface area contributed by atoms with Gasteiger partial charge >= 0.3 is 0 Å². The van der Waals surface area contributed by atoms with Crippen molar-refractivity contribution in [1.29, 1.82) is 0 Å². The summed E-state index contributed by atoms with van der Waals surface area (Å²) < 4.78 is 196. The van der Waals surface area contributed by atoms with Gasteiger partial charge in [0.05, 0.1) is 23.0 Å². The number of likely N-dealkylation sites (tertiary alicyclic amines) is 5. The molecule has 0 N–H and O–H groups in total. The van der Waals surface area contributed by atoms with Gasteiger partial charge in [0.1, 0.15) is 0 Å². The van der Waals surface area contributed by atoms with Crippen LogP contribution >= 0.6 is 0 Å². The SMILES string of the molecule is C.C.CN1CCN(C=O)CC1.CN1CCN(S(=O)[O-])CC1.O=CN1CCC1.O=CN1CCCC1.O=CN1CCCCC1.O=CN1CCCCC1.O=CN1CCCCC1.O=CN1CCS(=O)(=O)CC1.O=S([O-])N1CCC1.O=S([O-])N1CCCC1.O=S([O-])N1CCCCC1.O=S([O-])N1CCCCC1.O=S([O-])N1CCCCC1.O=S([O-])N1CCS(=O)(=O)CC1. The summed E-state index contributed by atoms with van der Waals surface area (Å²) in [4.78, 5) is 86.9. The maximum absolute atomic E-state index is 10.8. The highest BCUT2D eigenvalue weighted by atomic mass is 32.2. The minimum atomic E-state index is -2.96. The first-order chi connectivity index (χ1) is 56.9. The number of carbonyl (C=O) groups is 7. The van der Waals surface area contributed by atoms with Gasteiger partial charge in [0.2, 0.25) is 44.9 Å². The Labute approximate surface area is 739 Å². The maximum Gasteiger partial charge on any atom is 0.209 e. The lowest BCUT2D eigenvalue weighted by Crippen LogP contribution is -2.44. The molecule has 41 nitrogen and oxygen atoms in total. The highest BCUT2D eigenvalue weighted by molar-refractivity contribution is 7.91. The average molecular weight is 1910 g/mol. The van der Waals surface area contributed by atoms with Gasteiger partial charge in [-0.1, -0.05) is 34.1 Å². The zero-order valence-corrected chi connectivity index (χ0v) is 76.9. The molecule has 0 aromatic heterocycles. The van der Waals surface area contributed by atoms with E-state index in [-0.39, 0.29) is 51.0 Å². The first kappa shape index (κ1) is 120. The average Bonchev–Trinajstić information content (AvgIpc) is 0.867. The summed E-state index contributed by atoms with van der Waals surface area (Å²) >= 11 is -14.1. The van der Waals surface area contributed by atoms with Crippen molar-refractivity contribution in [3.05, 3.63) is 0 Å². The Morgan fingerprint density at radius 2 is 0.331 bits per heavy atom. The van der Waals surface area contributed by atoms with Crippen LogP contribution in [0.2, 0.25) is 0 Å². The lowest BCUT2D eigenvalue weighted by molar-refractivity contribution is -0.121. The van der Waals surface area contributed by atoms with Crippen LogP contribution in [0.25, 0.3) is 0 Å². The summed E-state index contributed by atoms with van der Waals surface area (Å²) in [5.41, 5.74) is 0. The Morgan fingerprint density at radius 1 is 0.190 bits per heavy atom. The molecule has 14 aliphatic heterocycles. The molecule has 0 spiro atoms. The van der Waals surface area contributed by atoms with Crippen molar-refractivity contribution in [2.45, 2.75) is 169 Å². The molecule has 7 atom stereocenters. The Bertz CT molecular complexity index is 2950. The van der Waals surface area contributed by atoms with Gasteiger partial charge in [-0.2, -0.15) is 0 Å². The number of nitrogens with zero attached hydrogens (tertiary/aromatic N) is 16. The molecule has 121 heavy (non-hydrogen) atoms. The van der Waals surface area contributed by atoms with Crippen LogP contribution < -0.4 is 0 Å². The molecule has 0 bridgehead atoms. The number of likely N-dealkylation sites (N-methyl/N-ethyl adjacent to an activating group) is 2. The molecule has 0 aliphatic carbocycles. The van der Waals surface area contributed by atoms with Crippen molar-refractivity contribution in [3.8, 4) is 0 Å². The van der Waals surface area contributed by atoms with Crippen molar-refractivity contribution < 1.29 is 112 Å². The number of rotatable bonds is 14. The van der Waals surface area contributed by atoms with Gasteiger partial charge in [0.15, 0.2) is 19.7 Å². The molecule has 0 saturated carbocycles. The monoisotopic (exact) mass is 1910 g/mol. The second kappa shape index (κ2) is 74.5. The molecule has 716 valence electrons. The molecule has 14 fully saturated rings. The Balaban J connectivity index is 0. The molecule has 7 amide bonds. The van der Waals surface area contributed by atoms with Crippen molar-refractivity contribution in [1.82, 2.24) is 74.2 Å². The second-order valence-electron chi connectivity index (χ2n) is 29.4. The van der Waals surface area contributed by atoms with Gasteiger partial charge < -0.3 is 76.0 Å². The number of piperazine rings is 2. The summed E-state index contributed by atoms with van der Waals surface area (Å²) in [7, 11) is -1.73. The first-order valence-electron chi connectivity index (χ1n) is 40.9. The zero-order valence-electron chi connectivity index (χ0n) is 69.5. The van der Waals surface area contributed by atoms with Gasteiger partial charge in [0, 0.05) is 288 Å². The lowest BCUT2D eigenvalue weighted by Gasteiger charge is -2.32. The van der Waals surface area contributed by atoms with Gasteiger partial charge in [0.25, 0.3) is 0 Å². The third kappa shape index (κ3) is 62.4. The molecule has 14 aliphatic rings. The van der Waals surface area contributed by atoms with Crippen molar-refractivity contribution in [2.75, 3.05) is 247 Å². The van der Waals surface area contributed by atoms with E-state index in [9.17, 15) is 112 Å². The van der Waals surface area contributed by atoms with E-state index in [4.69, 9.17) is 0 Å². The fourth-order valence-corrected chi connectivity index (χ4v) is 18.6. The van der Waals surface area contributed by atoms with Crippen LogP contribution in [0.5, 0.6) is 0 Å². The molecule has 0 radical (unpaired) electrons. The first-order valence-corrected chi connectivity index (χ1v) is 51.8. The highest BCUT2D eigenvalue weighted by Gasteiger charge is 2.23. The number of amides is 7. The van der Waals surface area contributed by atoms with E-state index in [1.807, 2.05) is 21.7 Å². The standard InChI is InChI=1S/C6H12N2O.3C6H11NO.C5H12N2O2S.C5H9NO3S.3C5H11NO2S.C5H9NO.C4H9NO4S2.C4H9NO2S.C4H7NO.C3H7NO2S.2CH4/c1-7-2-4-8(6-9)5-3-7;3*8-6-7-4-2-1-3-5-7;1-6-2-4-7(5-3-6)10(8)9;7-5-6-1-3-10(8,9)4-2-6;3*7-9(8)6-4-2-1-3-5-6;7-5-6-3-1-2-4-6;6-10(7)5-1-3-11(8,9)4-2-5;6-8(7)5-3-1-2-4-5;6-4-5-2-1-3-5;5-7(6)4-2-1-3-4;;/h6H,2-5H2,1H3;3*6H,1-5H2;2-5H2,1H3,(H,8,9);5H,1-4H2;3*1-5H2,(H,7,8);5H,1-4H2;1-4H2,(H,6,7);1-4H2,(H,6,7);4H,1-3H2;1-3H2,(H,5,6);2*1H4/p-7. The Kier molecular flexibility index (Phi) is 73.7. The predicted molar refractivity (Wildman–Crippen MR) is 463 cm³/mol. The van der Waals surface area contributed by atoms with Gasteiger partial charge in [-0.05, 0) is 149 Å². The second-order valence-corrected chi connectivity index (χ2v) is 40.7. The minimum Gasteiger partial charge on any atom is -0.760 e. The highest BCUT2D eigenvalue weighted by Crippen LogP contribution is 2.14. The Hall–Kier alpha value is -3.40. The van der Waals surface area contributed by atoms with Crippen LogP contribution in [0.4, 0.5) is 0 Å². The van der Waals surface area contributed by atoms with Crippen LogP contribution in [0.15, 0.2) is 0 Å². The van der Waals surface area contributed by atoms with E-state index in [2.05, 4.69) is 16.8 Å². The fourth-order valence-electron chi connectivity index (χ4n) is 12.2. The van der Waals surface area contributed by atoms with E-state index >= 15 is 0 Å². The quantitative estimate of drug-likeness (QED) is 0.152. The molecule has 50 heteroatoms. The Morgan fingerprint density at radius 3 is 0.504 bits per heavy atom. The maximum atomic E-state index is 10.8. The number of piperidine rings is 6. The molecule has 0 aromatic rings. The third-order valence-corrected chi connectivity index (χ3v) is 29.0. The third-order valence-electron chi connectivity index (χ3n) is 20.2. The zero-order chi connectivity index (χ0) is 88.7. The topological polar surface area (TPSA) is 521 Å². The van der Waals surface area contributed by atoms with Gasteiger partial charge in [-0.3, -0.25) is 63.0 Å². The van der Waals surface area contributed by atoms with Crippen molar-refractivity contribution in [2.24, 2.45) is 0 Å². The van der Waals surface area contributed by atoms with E-state index in [1.54, 1.807) is 14.7 Å². The largest absolute Gasteiger partial charge is 0.760 e. The number of hydrogen-bond acceptors (Lipinski definition) is 27. The van der Waals surface area contributed by atoms with E-state index < -0.39 is 98.5 Å². The van der Waals surface area contributed by atoms with Crippen LogP contribution in [0, 0.1) is 0 Å². The molecule has 0 aromatic carbocycles. The van der Waals surface area contributed by atoms with Gasteiger partial charge in [-0.15, -0.1) is 0 Å². The van der Waals surface area contributed by atoms with Gasteiger partial charge in [-0.25, -0.2) is 47.0 Å². The summed E-state index contributed by atoms with van der Waals surface area (Å²) in [6, 6.07) is 0. The van der Waals surface area contributed by atoms with Crippen LogP contribution in [-0.2, 0) is 132 Å². The normalized spacial score (nSPS) is 23.7. The molecule has 14 rings (SSSR count). The molecular weight excluding hydrogens is 1770 g/mol.